The molecule has 5 heteroatoms. The topological polar surface area (TPSA) is 58.8 Å². The first-order valence-electron chi connectivity index (χ1n) is 6.03. The summed E-state index contributed by atoms with van der Waals surface area (Å²) in [6.45, 7) is 1.80. The van der Waals surface area contributed by atoms with E-state index < -0.39 is 0 Å². The lowest BCUT2D eigenvalue weighted by Crippen LogP contribution is -2.58. The minimum atomic E-state index is -0.247. The van der Waals surface area contributed by atoms with Gasteiger partial charge in [0.25, 0.3) is 0 Å². The zero-order valence-electron chi connectivity index (χ0n) is 10.8. The van der Waals surface area contributed by atoms with Gasteiger partial charge >= 0.3 is 0 Å². The number of rotatable bonds is 3. The van der Waals surface area contributed by atoms with Crippen molar-refractivity contribution in [2.24, 2.45) is 5.73 Å². The third-order valence-corrected chi connectivity index (χ3v) is 3.36. The average molecular weight is 249 g/mol. The van der Waals surface area contributed by atoms with E-state index in [1.54, 1.807) is 12.0 Å². The smallest absolute Gasteiger partial charge is 0.245 e. The molecule has 2 N–H and O–H groups in total. The van der Waals surface area contributed by atoms with E-state index in [-0.39, 0.29) is 11.9 Å². The second-order valence-electron chi connectivity index (χ2n) is 4.39. The largest absolute Gasteiger partial charge is 0.495 e. The van der Waals surface area contributed by atoms with Gasteiger partial charge in [-0.3, -0.25) is 9.69 Å². The SMILES string of the molecule is COc1ccccc1N1CCN(C)C(CN)C1=O. The van der Waals surface area contributed by atoms with E-state index in [1.807, 2.05) is 36.2 Å². The number of anilines is 1. The van der Waals surface area contributed by atoms with Crippen LogP contribution in [-0.2, 0) is 4.79 Å². The predicted octanol–water partition coefficient (Wildman–Crippen LogP) is 0.301. The maximum atomic E-state index is 12.4. The Bertz CT molecular complexity index is 436. The van der Waals surface area contributed by atoms with Crippen LogP contribution in [-0.4, -0.2) is 50.6 Å². The number of hydrogen-bond acceptors (Lipinski definition) is 4. The maximum absolute atomic E-state index is 12.4. The highest BCUT2D eigenvalue weighted by Crippen LogP contribution is 2.29. The quantitative estimate of drug-likeness (QED) is 0.837. The highest BCUT2D eigenvalue weighted by atomic mass is 16.5. The molecule has 0 spiro atoms. The third-order valence-electron chi connectivity index (χ3n) is 3.36. The van der Waals surface area contributed by atoms with Crippen LogP contribution in [0.3, 0.4) is 0 Å². The van der Waals surface area contributed by atoms with Gasteiger partial charge in [0.2, 0.25) is 5.91 Å². The lowest BCUT2D eigenvalue weighted by molar-refractivity contribution is -0.124. The molecule has 1 saturated heterocycles. The number of nitrogens with zero attached hydrogens (tertiary/aromatic N) is 2. The molecule has 18 heavy (non-hydrogen) atoms. The Morgan fingerprint density at radius 3 is 2.78 bits per heavy atom. The van der Waals surface area contributed by atoms with Crippen LogP contribution in [0.15, 0.2) is 24.3 Å². The second-order valence-corrected chi connectivity index (χ2v) is 4.39. The summed E-state index contributed by atoms with van der Waals surface area (Å²) in [5.74, 6) is 0.752. The Kier molecular flexibility index (Phi) is 3.84. The van der Waals surface area contributed by atoms with Crippen LogP contribution < -0.4 is 15.4 Å². The van der Waals surface area contributed by atoms with Gasteiger partial charge in [0, 0.05) is 19.6 Å². The fourth-order valence-electron chi connectivity index (χ4n) is 2.26. The van der Waals surface area contributed by atoms with Crippen LogP contribution in [0.4, 0.5) is 5.69 Å². The molecule has 0 aliphatic carbocycles. The highest BCUT2D eigenvalue weighted by Gasteiger charge is 2.33. The van der Waals surface area contributed by atoms with Crippen LogP contribution in [0.2, 0.25) is 0 Å². The zero-order valence-corrected chi connectivity index (χ0v) is 10.8. The molecule has 1 unspecified atom stereocenters. The first-order valence-corrected chi connectivity index (χ1v) is 6.03. The van der Waals surface area contributed by atoms with Crippen molar-refractivity contribution in [3.63, 3.8) is 0 Å². The Labute approximate surface area is 107 Å². The van der Waals surface area contributed by atoms with Gasteiger partial charge in [0.05, 0.1) is 12.8 Å². The van der Waals surface area contributed by atoms with Crippen molar-refractivity contribution in [1.29, 1.82) is 0 Å². The number of para-hydroxylation sites is 2. The lowest BCUT2D eigenvalue weighted by Gasteiger charge is -2.38. The van der Waals surface area contributed by atoms with Crippen molar-refractivity contribution in [3.8, 4) is 5.75 Å². The van der Waals surface area contributed by atoms with E-state index >= 15 is 0 Å². The molecule has 1 aliphatic heterocycles. The van der Waals surface area contributed by atoms with E-state index in [4.69, 9.17) is 10.5 Å². The minimum Gasteiger partial charge on any atom is -0.495 e. The normalized spacial score (nSPS) is 21.2. The van der Waals surface area contributed by atoms with Gasteiger partial charge in [0.1, 0.15) is 11.8 Å². The molecule has 1 aromatic carbocycles. The van der Waals surface area contributed by atoms with Gasteiger partial charge in [-0.05, 0) is 19.2 Å². The van der Waals surface area contributed by atoms with Gasteiger partial charge in [0.15, 0.2) is 0 Å². The van der Waals surface area contributed by atoms with Crippen molar-refractivity contribution >= 4 is 11.6 Å². The summed E-state index contributed by atoms with van der Waals surface area (Å²) in [5, 5.41) is 0. The monoisotopic (exact) mass is 249 g/mol. The molecule has 1 amide bonds. The molecule has 1 aliphatic rings. The molecule has 1 fully saturated rings. The maximum Gasteiger partial charge on any atom is 0.245 e. The number of amides is 1. The van der Waals surface area contributed by atoms with Gasteiger partial charge in [-0.1, -0.05) is 12.1 Å². The first kappa shape index (κ1) is 12.9. The summed E-state index contributed by atoms with van der Waals surface area (Å²) in [6.07, 6.45) is 0. The van der Waals surface area contributed by atoms with Gasteiger partial charge < -0.3 is 15.4 Å². The molecule has 0 aromatic heterocycles. The number of carbonyl (C=O) groups is 1. The van der Waals surface area contributed by atoms with Crippen LogP contribution in [0.5, 0.6) is 5.75 Å². The Morgan fingerprint density at radius 2 is 2.11 bits per heavy atom. The third kappa shape index (κ3) is 2.19. The van der Waals surface area contributed by atoms with E-state index in [1.165, 1.54) is 0 Å². The highest BCUT2D eigenvalue weighted by molar-refractivity contribution is 5.99. The molecule has 0 radical (unpaired) electrons. The van der Waals surface area contributed by atoms with E-state index in [0.29, 0.717) is 18.8 Å². The summed E-state index contributed by atoms with van der Waals surface area (Å²) in [4.78, 5) is 16.1. The summed E-state index contributed by atoms with van der Waals surface area (Å²) in [5.41, 5.74) is 6.49. The van der Waals surface area contributed by atoms with Crippen LogP contribution in [0, 0.1) is 0 Å². The van der Waals surface area contributed by atoms with E-state index in [9.17, 15) is 4.79 Å². The van der Waals surface area contributed by atoms with Gasteiger partial charge in [-0.25, -0.2) is 0 Å². The lowest BCUT2D eigenvalue weighted by atomic mass is 10.1. The average Bonchev–Trinajstić information content (AvgIpc) is 2.39. The second kappa shape index (κ2) is 5.37. The van der Waals surface area contributed by atoms with Crippen molar-refractivity contribution in [2.75, 3.05) is 38.7 Å². The number of likely N-dealkylation sites (N-methyl/N-ethyl adjacent to an activating group) is 1. The predicted molar refractivity (Wildman–Crippen MR) is 70.8 cm³/mol. The fraction of sp³-hybridized carbons (Fsp3) is 0.462. The fourth-order valence-corrected chi connectivity index (χ4v) is 2.26. The number of carbonyl (C=O) groups excluding carboxylic acids is 1. The molecule has 0 saturated carbocycles. The van der Waals surface area contributed by atoms with Crippen molar-refractivity contribution in [2.45, 2.75) is 6.04 Å². The molecular formula is C13H19N3O2. The molecule has 98 valence electrons. The van der Waals surface area contributed by atoms with Gasteiger partial charge in [-0.15, -0.1) is 0 Å². The Morgan fingerprint density at radius 1 is 1.39 bits per heavy atom. The molecule has 1 aromatic rings. The summed E-state index contributed by atoms with van der Waals surface area (Å²) in [6, 6.07) is 7.31. The van der Waals surface area contributed by atoms with Crippen LogP contribution >= 0.6 is 0 Å². The minimum absolute atomic E-state index is 0.0377. The molecule has 0 bridgehead atoms. The summed E-state index contributed by atoms with van der Waals surface area (Å²) >= 11 is 0. The standard InChI is InChI=1S/C13H19N3O2/c1-15-7-8-16(13(17)11(15)9-14)10-5-3-4-6-12(10)18-2/h3-6,11H,7-9,14H2,1-2H3. The summed E-state index contributed by atoms with van der Waals surface area (Å²) < 4.78 is 5.30. The molecular weight excluding hydrogens is 230 g/mol. The molecule has 1 heterocycles. The Balaban J connectivity index is 2.30. The van der Waals surface area contributed by atoms with Crippen molar-refractivity contribution < 1.29 is 9.53 Å². The van der Waals surface area contributed by atoms with Crippen LogP contribution in [0.1, 0.15) is 0 Å². The molecule has 5 nitrogen and oxygen atoms in total. The first-order chi connectivity index (χ1) is 8.69. The van der Waals surface area contributed by atoms with E-state index in [0.717, 1.165) is 12.2 Å². The number of piperazine rings is 1. The van der Waals surface area contributed by atoms with Crippen molar-refractivity contribution in [3.05, 3.63) is 24.3 Å². The Hall–Kier alpha value is -1.59. The van der Waals surface area contributed by atoms with E-state index in [2.05, 4.69) is 0 Å². The summed E-state index contributed by atoms with van der Waals surface area (Å²) in [7, 11) is 3.54. The van der Waals surface area contributed by atoms with Crippen molar-refractivity contribution in [1.82, 2.24) is 4.90 Å². The number of ether oxygens (including phenoxy) is 1. The van der Waals surface area contributed by atoms with Crippen LogP contribution in [0.25, 0.3) is 0 Å². The number of hydrogen-bond donors (Lipinski definition) is 1. The number of benzene rings is 1. The number of nitrogens with two attached hydrogens (primary N) is 1. The zero-order chi connectivity index (χ0) is 13.1. The molecule has 2 rings (SSSR count). The number of methoxy groups -OCH3 is 1. The van der Waals surface area contributed by atoms with Gasteiger partial charge in [-0.2, -0.15) is 0 Å². The molecule has 1 atom stereocenters.